The van der Waals surface area contributed by atoms with Gasteiger partial charge in [0, 0.05) is 6.42 Å². The first kappa shape index (κ1) is 21.4. The minimum Gasteiger partial charge on any atom is -0.490 e. The van der Waals surface area contributed by atoms with Gasteiger partial charge in [-0.1, -0.05) is 55.5 Å². The van der Waals surface area contributed by atoms with Crippen LogP contribution >= 0.6 is 0 Å². The molecule has 29 heavy (non-hydrogen) atoms. The predicted octanol–water partition coefficient (Wildman–Crippen LogP) is 3.26. The Labute approximate surface area is 172 Å². The molecule has 3 rings (SSSR count). The number of carbonyl (C=O) groups is 1. The highest BCUT2D eigenvalue weighted by Gasteiger charge is 2.58. The van der Waals surface area contributed by atoms with E-state index in [-0.39, 0.29) is 36.2 Å². The number of carboxylic acids is 1. The molecule has 5 heteroatoms. The zero-order valence-corrected chi connectivity index (χ0v) is 17.0. The summed E-state index contributed by atoms with van der Waals surface area (Å²) in [4.78, 5) is 10.8. The van der Waals surface area contributed by atoms with E-state index in [0.29, 0.717) is 18.6 Å². The molecule has 2 unspecified atom stereocenters. The minimum atomic E-state index is -0.920. The van der Waals surface area contributed by atoms with Crippen molar-refractivity contribution in [2.75, 3.05) is 6.61 Å². The minimum absolute atomic E-state index is 0.0536. The molecule has 2 aliphatic rings. The van der Waals surface area contributed by atoms with E-state index in [1.165, 1.54) is 5.57 Å². The SMILES string of the molecule is CC1C(=CCCC(=O)O)[C@@]2(C)CC[C@@H](O)[C@H](C#CC(O)COc3ccccc3)[C@@H]12. The Morgan fingerprint density at radius 3 is 2.79 bits per heavy atom. The van der Waals surface area contributed by atoms with Crippen LogP contribution in [0.4, 0.5) is 0 Å². The van der Waals surface area contributed by atoms with Crippen molar-refractivity contribution < 1.29 is 24.9 Å². The second-order valence-electron chi connectivity index (χ2n) is 8.38. The monoisotopic (exact) mass is 398 g/mol. The molecule has 0 aliphatic heterocycles. The lowest BCUT2D eigenvalue weighted by molar-refractivity contribution is -0.136. The maximum absolute atomic E-state index is 10.8. The Hall–Kier alpha value is -2.29. The van der Waals surface area contributed by atoms with Crippen LogP contribution < -0.4 is 4.74 Å². The Bertz CT molecular complexity index is 806. The van der Waals surface area contributed by atoms with E-state index >= 15 is 0 Å². The third-order valence-electron chi connectivity index (χ3n) is 6.48. The fourth-order valence-corrected chi connectivity index (χ4v) is 5.13. The third kappa shape index (κ3) is 4.66. The molecule has 5 nitrogen and oxygen atoms in total. The summed E-state index contributed by atoms with van der Waals surface area (Å²) < 4.78 is 5.55. The molecule has 156 valence electrons. The number of fused-ring (bicyclic) bond motifs is 1. The lowest BCUT2D eigenvalue weighted by Gasteiger charge is -2.61. The van der Waals surface area contributed by atoms with Gasteiger partial charge >= 0.3 is 5.97 Å². The van der Waals surface area contributed by atoms with Gasteiger partial charge in [-0.05, 0) is 48.6 Å². The molecule has 0 radical (unpaired) electrons. The van der Waals surface area contributed by atoms with Crippen molar-refractivity contribution in [3.05, 3.63) is 42.0 Å². The molecule has 0 aromatic heterocycles. The highest BCUT2D eigenvalue weighted by atomic mass is 16.5. The van der Waals surface area contributed by atoms with Gasteiger partial charge in [0.2, 0.25) is 0 Å². The van der Waals surface area contributed by atoms with E-state index < -0.39 is 18.2 Å². The van der Waals surface area contributed by atoms with Crippen LogP contribution in [-0.4, -0.2) is 40.1 Å². The third-order valence-corrected chi connectivity index (χ3v) is 6.48. The topological polar surface area (TPSA) is 87.0 Å². The number of allylic oxidation sites excluding steroid dienone is 2. The largest absolute Gasteiger partial charge is 0.490 e. The highest BCUT2D eigenvalue weighted by Crippen LogP contribution is 2.64. The molecule has 0 bridgehead atoms. The van der Waals surface area contributed by atoms with Crippen LogP contribution in [0.1, 0.15) is 39.5 Å². The first-order valence-electron chi connectivity index (χ1n) is 10.3. The van der Waals surface area contributed by atoms with Gasteiger partial charge in [0.25, 0.3) is 0 Å². The molecule has 0 heterocycles. The van der Waals surface area contributed by atoms with Gasteiger partial charge in [-0.25, -0.2) is 0 Å². The van der Waals surface area contributed by atoms with Crippen LogP contribution in [0.15, 0.2) is 42.0 Å². The summed E-state index contributed by atoms with van der Waals surface area (Å²) in [5.41, 5.74) is 1.23. The van der Waals surface area contributed by atoms with Crippen molar-refractivity contribution in [1.29, 1.82) is 0 Å². The van der Waals surface area contributed by atoms with Crippen LogP contribution in [-0.2, 0) is 4.79 Å². The van der Waals surface area contributed by atoms with E-state index in [2.05, 4.69) is 31.8 Å². The summed E-state index contributed by atoms with van der Waals surface area (Å²) in [5, 5.41) is 29.6. The lowest BCUT2D eigenvalue weighted by atomic mass is 9.43. The lowest BCUT2D eigenvalue weighted by Crippen LogP contribution is -2.56. The molecule has 2 aliphatic carbocycles. The Morgan fingerprint density at radius 1 is 1.38 bits per heavy atom. The quantitative estimate of drug-likeness (QED) is 0.506. The zero-order chi connectivity index (χ0) is 21.0. The number of benzene rings is 1. The first-order valence-corrected chi connectivity index (χ1v) is 10.3. The fourth-order valence-electron chi connectivity index (χ4n) is 5.13. The van der Waals surface area contributed by atoms with E-state index in [0.717, 1.165) is 6.42 Å². The van der Waals surface area contributed by atoms with Crippen molar-refractivity contribution in [3.8, 4) is 17.6 Å². The van der Waals surface area contributed by atoms with Gasteiger partial charge < -0.3 is 20.1 Å². The van der Waals surface area contributed by atoms with E-state index in [1.807, 2.05) is 30.3 Å². The molecular formula is C24H30O5. The van der Waals surface area contributed by atoms with E-state index in [9.17, 15) is 15.0 Å². The predicted molar refractivity (Wildman–Crippen MR) is 110 cm³/mol. The van der Waals surface area contributed by atoms with Crippen molar-refractivity contribution in [3.63, 3.8) is 0 Å². The van der Waals surface area contributed by atoms with Crippen LogP contribution in [0.3, 0.4) is 0 Å². The number of aliphatic carboxylic acids is 1. The molecular weight excluding hydrogens is 368 g/mol. The molecule has 0 saturated heterocycles. The molecule has 2 saturated carbocycles. The number of aliphatic hydroxyl groups is 2. The Kier molecular flexibility index (Phi) is 6.66. The smallest absolute Gasteiger partial charge is 0.303 e. The molecule has 1 aromatic rings. The van der Waals surface area contributed by atoms with Gasteiger partial charge in [0.1, 0.15) is 18.5 Å². The fraction of sp³-hybridized carbons (Fsp3) is 0.542. The summed E-state index contributed by atoms with van der Waals surface area (Å²) in [7, 11) is 0. The number of rotatable bonds is 6. The van der Waals surface area contributed by atoms with Crippen LogP contribution in [0, 0.1) is 35.0 Å². The summed E-state index contributed by atoms with van der Waals surface area (Å²) in [6, 6.07) is 9.28. The van der Waals surface area contributed by atoms with Crippen molar-refractivity contribution in [2.45, 2.75) is 51.7 Å². The summed E-state index contributed by atoms with van der Waals surface area (Å²) in [6.45, 7) is 4.40. The van der Waals surface area contributed by atoms with E-state index in [4.69, 9.17) is 9.84 Å². The van der Waals surface area contributed by atoms with Crippen LogP contribution in [0.2, 0.25) is 0 Å². The Morgan fingerprint density at radius 2 is 2.10 bits per heavy atom. The number of ether oxygens (including phenoxy) is 1. The van der Waals surface area contributed by atoms with Crippen molar-refractivity contribution in [2.24, 2.45) is 23.2 Å². The number of hydrogen-bond donors (Lipinski definition) is 3. The Balaban J connectivity index is 1.65. The van der Waals surface area contributed by atoms with Crippen LogP contribution in [0.25, 0.3) is 0 Å². The van der Waals surface area contributed by atoms with Gasteiger partial charge in [-0.3, -0.25) is 4.79 Å². The van der Waals surface area contributed by atoms with Crippen molar-refractivity contribution >= 4 is 5.97 Å². The highest BCUT2D eigenvalue weighted by molar-refractivity contribution is 5.66. The van der Waals surface area contributed by atoms with Crippen LogP contribution in [0.5, 0.6) is 5.75 Å². The summed E-state index contributed by atoms with van der Waals surface area (Å²) in [6.07, 6.45) is 2.84. The van der Waals surface area contributed by atoms with E-state index in [1.54, 1.807) is 0 Å². The number of carboxylic acid groups (broad SMARTS) is 1. The summed E-state index contributed by atoms with van der Waals surface area (Å²) in [5.74, 6) is 6.16. The second kappa shape index (κ2) is 9.02. The maximum Gasteiger partial charge on any atom is 0.303 e. The average Bonchev–Trinajstić information content (AvgIpc) is 2.70. The molecule has 1 aromatic carbocycles. The average molecular weight is 398 g/mol. The first-order chi connectivity index (χ1) is 13.8. The zero-order valence-electron chi connectivity index (χ0n) is 17.0. The van der Waals surface area contributed by atoms with Gasteiger partial charge in [-0.15, -0.1) is 0 Å². The number of aliphatic hydroxyl groups excluding tert-OH is 2. The normalized spacial score (nSPS) is 33.0. The molecule has 3 N–H and O–H groups in total. The van der Waals surface area contributed by atoms with Gasteiger partial charge in [0.15, 0.2) is 0 Å². The number of para-hydroxylation sites is 1. The molecule has 2 fully saturated rings. The maximum atomic E-state index is 10.8. The summed E-state index contributed by atoms with van der Waals surface area (Å²) >= 11 is 0. The standard InChI is InChI=1S/C24H30O5/c1-16-20(9-6-10-22(27)28)24(2)14-13-21(26)19(23(16)24)12-11-17(25)15-29-18-7-4-3-5-8-18/h3-5,7-9,16-17,19,21,23,25-26H,6,10,13-15H2,1-2H3,(H,27,28)/t16?,17?,19-,21+,23+,24+/m0/s1. The molecule has 0 amide bonds. The van der Waals surface area contributed by atoms with Gasteiger partial charge in [-0.2, -0.15) is 0 Å². The number of hydrogen-bond acceptors (Lipinski definition) is 4. The molecule has 0 spiro atoms. The second-order valence-corrected chi connectivity index (χ2v) is 8.38. The van der Waals surface area contributed by atoms with Gasteiger partial charge in [0.05, 0.1) is 12.0 Å². The molecule has 6 atom stereocenters. The van der Waals surface area contributed by atoms with Crippen molar-refractivity contribution in [1.82, 2.24) is 0 Å².